The van der Waals surface area contributed by atoms with Crippen LogP contribution in [0.1, 0.15) is 12.8 Å². The monoisotopic (exact) mass is 430 g/mol. The average molecular weight is 430 g/mol. The minimum atomic E-state index is -0.147. The number of halogens is 2. The zero-order valence-electron chi connectivity index (χ0n) is 8.16. The van der Waals surface area contributed by atoms with Crippen molar-refractivity contribution >= 4 is 51.2 Å². The number of rotatable bonds is 5. The third kappa shape index (κ3) is 5.14. The lowest BCUT2D eigenvalue weighted by Gasteiger charge is -2.08. The number of esters is 1. The molecule has 4 heteroatoms. The molecule has 0 aliphatic rings. The van der Waals surface area contributed by atoms with E-state index in [0.717, 1.165) is 17.3 Å². The van der Waals surface area contributed by atoms with E-state index in [2.05, 4.69) is 45.2 Å². The lowest BCUT2D eigenvalue weighted by Crippen LogP contribution is -2.20. The fourth-order valence-electron chi connectivity index (χ4n) is 1.04. The number of hydrogen-bond donors (Lipinski definition) is 0. The quantitative estimate of drug-likeness (QED) is 0.309. The maximum Gasteiger partial charge on any atom is 0.324 e. The van der Waals surface area contributed by atoms with Crippen molar-refractivity contribution in [3.8, 4) is 5.75 Å². The minimum Gasteiger partial charge on any atom is -0.426 e. The van der Waals surface area contributed by atoms with Gasteiger partial charge in [-0.25, -0.2) is 0 Å². The molecule has 0 aliphatic heterocycles. The second-order valence-electron chi connectivity index (χ2n) is 3.03. The summed E-state index contributed by atoms with van der Waals surface area (Å²) < 4.78 is 6.26. The largest absolute Gasteiger partial charge is 0.426 e. The van der Waals surface area contributed by atoms with E-state index in [1.807, 2.05) is 18.2 Å². The number of alkyl halides is 2. The predicted molar refractivity (Wildman–Crippen MR) is 78.0 cm³/mol. The minimum absolute atomic E-state index is 0.0439. The molecule has 1 rings (SSSR count). The molecule has 0 aliphatic carbocycles. The van der Waals surface area contributed by atoms with E-state index >= 15 is 0 Å². The van der Waals surface area contributed by atoms with Gasteiger partial charge in [0, 0.05) is 0 Å². The molecule has 82 valence electrons. The third-order valence-electron chi connectivity index (χ3n) is 1.81. The highest BCUT2D eigenvalue weighted by Crippen LogP contribution is 2.15. The van der Waals surface area contributed by atoms with E-state index in [0.29, 0.717) is 5.75 Å². The smallest absolute Gasteiger partial charge is 0.324 e. The highest BCUT2D eigenvalue weighted by molar-refractivity contribution is 14.1. The molecule has 0 saturated carbocycles. The average Bonchev–Trinajstić information content (AvgIpc) is 2.27. The summed E-state index contributed by atoms with van der Waals surface area (Å²) in [5, 5.41) is 0. The number of para-hydroxylation sites is 1. The van der Waals surface area contributed by atoms with E-state index in [1.165, 1.54) is 0 Å². The van der Waals surface area contributed by atoms with Crippen molar-refractivity contribution in [3.05, 3.63) is 30.3 Å². The molecule has 0 amide bonds. The Morgan fingerprint density at radius 2 is 2.00 bits per heavy atom. The van der Waals surface area contributed by atoms with Crippen LogP contribution in [0.2, 0.25) is 0 Å². The lowest BCUT2D eigenvalue weighted by molar-refractivity contribution is -0.133. The fourth-order valence-corrected chi connectivity index (χ4v) is 2.05. The molecule has 0 spiro atoms. The van der Waals surface area contributed by atoms with Gasteiger partial charge in [0.05, 0.1) is 0 Å². The summed E-state index contributed by atoms with van der Waals surface area (Å²) in [6.45, 7) is 0. The van der Waals surface area contributed by atoms with Gasteiger partial charge in [-0.15, -0.1) is 0 Å². The number of ether oxygens (including phenoxy) is 1. The Morgan fingerprint density at radius 1 is 1.33 bits per heavy atom. The molecule has 0 N–H and O–H groups in total. The highest BCUT2D eigenvalue weighted by atomic mass is 127. The highest BCUT2D eigenvalue weighted by Gasteiger charge is 2.16. The SMILES string of the molecule is O=C(Oc1ccccc1)C(I)CCCI. The molecule has 1 unspecified atom stereocenters. The zero-order chi connectivity index (χ0) is 11.1. The van der Waals surface area contributed by atoms with Crippen LogP contribution in [0.4, 0.5) is 0 Å². The van der Waals surface area contributed by atoms with Crippen molar-refractivity contribution < 1.29 is 9.53 Å². The Balaban J connectivity index is 2.42. The van der Waals surface area contributed by atoms with Gasteiger partial charge in [0.2, 0.25) is 0 Å². The van der Waals surface area contributed by atoms with Gasteiger partial charge in [0.15, 0.2) is 0 Å². The number of carbonyl (C=O) groups is 1. The molecule has 0 radical (unpaired) electrons. The van der Waals surface area contributed by atoms with Gasteiger partial charge in [0.1, 0.15) is 9.67 Å². The summed E-state index contributed by atoms with van der Waals surface area (Å²) >= 11 is 4.45. The Labute approximate surface area is 117 Å². The maximum atomic E-state index is 11.6. The molecule has 0 bridgehead atoms. The topological polar surface area (TPSA) is 26.3 Å². The standard InChI is InChI=1S/C11H12I2O2/c12-8-4-7-10(13)11(14)15-9-5-2-1-3-6-9/h1-3,5-6,10H,4,7-8H2. The van der Waals surface area contributed by atoms with Gasteiger partial charge >= 0.3 is 5.97 Å². The normalized spacial score (nSPS) is 12.1. The van der Waals surface area contributed by atoms with Crippen molar-refractivity contribution in [1.29, 1.82) is 0 Å². The van der Waals surface area contributed by atoms with Crippen molar-refractivity contribution in [2.45, 2.75) is 16.8 Å². The predicted octanol–water partition coefficient (Wildman–Crippen LogP) is 3.61. The van der Waals surface area contributed by atoms with Gasteiger partial charge in [0.25, 0.3) is 0 Å². The van der Waals surface area contributed by atoms with Crippen LogP contribution in [0.5, 0.6) is 5.75 Å². The summed E-state index contributed by atoms with van der Waals surface area (Å²) in [5.41, 5.74) is 0. The van der Waals surface area contributed by atoms with Crippen molar-refractivity contribution in [2.24, 2.45) is 0 Å². The summed E-state index contributed by atoms with van der Waals surface area (Å²) in [6, 6.07) is 9.19. The van der Waals surface area contributed by atoms with Crippen LogP contribution < -0.4 is 4.74 Å². The first-order valence-electron chi connectivity index (χ1n) is 4.71. The van der Waals surface area contributed by atoms with E-state index in [-0.39, 0.29) is 9.89 Å². The number of carbonyl (C=O) groups excluding carboxylic acids is 1. The van der Waals surface area contributed by atoms with Gasteiger partial charge in [-0.3, -0.25) is 4.79 Å². The Hall–Kier alpha value is 0.150. The first-order chi connectivity index (χ1) is 7.24. The van der Waals surface area contributed by atoms with E-state index in [4.69, 9.17) is 4.74 Å². The van der Waals surface area contributed by atoms with Crippen molar-refractivity contribution in [3.63, 3.8) is 0 Å². The first kappa shape index (κ1) is 13.2. The van der Waals surface area contributed by atoms with Crippen LogP contribution in [0, 0.1) is 0 Å². The summed E-state index contributed by atoms with van der Waals surface area (Å²) in [4.78, 5) is 11.6. The van der Waals surface area contributed by atoms with Crippen LogP contribution in [0.3, 0.4) is 0 Å². The van der Waals surface area contributed by atoms with Gasteiger partial charge < -0.3 is 4.74 Å². The molecular formula is C11H12I2O2. The van der Waals surface area contributed by atoms with Crippen LogP contribution in [0.25, 0.3) is 0 Å². The Kier molecular flexibility index (Phi) is 6.54. The van der Waals surface area contributed by atoms with Gasteiger partial charge in [-0.1, -0.05) is 63.4 Å². The second-order valence-corrected chi connectivity index (χ2v) is 5.62. The van der Waals surface area contributed by atoms with E-state index in [1.54, 1.807) is 12.1 Å². The van der Waals surface area contributed by atoms with Crippen LogP contribution in [-0.4, -0.2) is 14.3 Å². The molecule has 1 atom stereocenters. The Morgan fingerprint density at radius 3 is 2.60 bits per heavy atom. The van der Waals surface area contributed by atoms with Crippen LogP contribution in [0.15, 0.2) is 30.3 Å². The van der Waals surface area contributed by atoms with Crippen LogP contribution in [-0.2, 0) is 4.79 Å². The molecule has 1 aromatic rings. The summed E-state index contributed by atoms with van der Waals surface area (Å²) in [5.74, 6) is 0.477. The van der Waals surface area contributed by atoms with Gasteiger partial charge in [-0.2, -0.15) is 0 Å². The molecule has 0 aromatic heterocycles. The fraction of sp³-hybridized carbons (Fsp3) is 0.364. The summed E-state index contributed by atoms with van der Waals surface area (Å²) in [6.07, 6.45) is 1.94. The number of benzene rings is 1. The molecule has 0 fully saturated rings. The van der Waals surface area contributed by atoms with E-state index in [9.17, 15) is 4.79 Å². The molecule has 15 heavy (non-hydrogen) atoms. The number of hydrogen-bond acceptors (Lipinski definition) is 2. The van der Waals surface area contributed by atoms with Gasteiger partial charge in [-0.05, 0) is 29.4 Å². The molecule has 2 nitrogen and oxygen atoms in total. The summed E-state index contributed by atoms with van der Waals surface area (Å²) in [7, 11) is 0. The zero-order valence-corrected chi connectivity index (χ0v) is 12.5. The molecule has 0 heterocycles. The Bertz CT molecular complexity index is 301. The molecule has 1 aromatic carbocycles. The van der Waals surface area contributed by atoms with Crippen molar-refractivity contribution in [2.75, 3.05) is 4.43 Å². The molecular weight excluding hydrogens is 418 g/mol. The van der Waals surface area contributed by atoms with Crippen molar-refractivity contribution in [1.82, 2.24) is 0 Å². The maximum absolute atomic E-state index is 11.6. The second kappa shape index (κ2) is 7.43. The van der Waals surface area contributed by atoms with E-state index < -0.39 is 0 Å². The first-order valence-corrected chi connectivity index (χ1v) is 7.48. The molecule has 0 saturated heterocycles. The van der Waals surface area contributed by atoms with Crippen LogP contribution >= 0.6 is 45.2 Å². The third-order valence-corrected chi connectivity index (χ3v) is 3.70. The lowest BCUT2D eigenvalue weighted by atomic mass is 10.2.